The maximum atomic E-state index is 13.2. The summed E-state index contributed by atoms with van der Waals surface area (Å²) in [6.07, 6.45) is 1.56. The average Bonchev–Trinajstić information content (AvgIpc) is 3.28. The Morgan fingerprint density at radius 1 is 1.26 bits per heavy atom. The van der Waals surface area contributed by atoms with Crippen molar-refractivity contribution in [3.8, 4) is 11.5 Å². The molecule has 3 heterocycles. The number of para-hydroxylation sites is 2. The molecule has 0 fully saturated rings. The first-order chi connectivity index (χ1) is 12.9. The minimum absolute atomic E-state index is 0.0548. The molecule has 1 aromatic carbocycles. The molecular weight excluding hydrogens is 350 g/mol. The van der Waals surface area contributed by atoms with Crippen LogP contribution in [0.15, 0.2) is 39.9 Å². The number of hydrogen-bond donors (Lipinski definition) is 1. The standard InChI is InChI=1S/C18H19N5O4/c1-18(2,25)17-20-15(21-27-17)13-14-16(24)22(8-9-26-3)11-6-4-5-7-12(11)23(14)10-19-13/h4-7,10,25H,8-9H2,1-3H3. The van der Waals surface area contributed by atoms with Crippen LogP contribution in [0.1, 0.15) is 19.7 Å². The zero-order valence-electron chi connectivity index (χ0n) is 15.2. The quantitative estimate of drug-likeness (QED) is 0.569. The number of aliphatic hydroxyl groups is 1. The van der Waals surface area contributed by atoms with Gasteiger partial charge < -0.3 is 18.9 Å². The number of ether oxygens (including phenoxy) is 1. The monoisotopic (exact) mass is 369 g/mol. The molecule has 0 amide bonds. The Morgan fingerprint density at radius 3 is 2.67 bits per heavy atom. The molecule has 4 rings (SSSR count). The van der Waals surface area contributed by atoms with Gasteiger partial charge in [0.1, 0.15) is 23.1 Å². The topological polar surface area (TPSA) is 108 Å². The van der Waals surface area contributed by atoms with Crippen LogP contribution in [-0.2, 0) is 16.9 Å². The van der Waals surface area contributed by atoms with Crippen molar-refractivity contribution in [3.05, 3.63) is 46.8 Å². The van der Waals surface area contributed by atoms with E-state index in [1.165, 1.54) is 0 Å². The van der Waals surface area contributed by atoms with Gasteiger partial charge in [0.05, 0.1) is 17.6 Å². The van der Waals surface area contributed by atoms with Crippen LogP contribution in [0.25, 0.3) is 28.1 Å². The van der Waals surface area contributed by atoms with Crippen molar-refractivity contribution in [1.82, 2.24) is 24.1 Å². The molecule has 0 aliphatic rings. The van der Waals surface area contributed by atoms with Gasteiger partial charge in [-0.05, 0) is 26.0 Å². The second kappa shape index (κ2) is 6.29. The molecule has 9 nitrogen and oxygen atoms in total. The van der Waals surface area contributed by atoms with Crippen molar-refractivity contribution >= 4 is 16.6 Å². The zero-order valence-corrected chi connectivity index (χ0v) is 15.2. The summed E-state index contributed by atoms with van der Waals surface area (Å²) in [6, 6.07) is 7.57. The first kappa shape index (κ1) is 17.4. The molecule has 3 aromatic heterocycles. The van der Waals surface area contributed by atoms with Gasteiger partial charge in [-0.3, -0.25) is 9.20 Å². The molecule has 0 saturated heterocycles. The summed E-state index contributed by atoms with van der Waals surface area (Å²) in [7, 11) is 1.59. The summed E-state index contributed by atoms with van der Waals surface area (Å²) < 4.78 is 13.7. The fourth-order valence-electron chi connectivity index (χ4n) is 3.01. The van der Waals surface area contributed by atoms with Crippen LogP contribution >= 0.6 is 0 Å². The summed E-state index contributed by atoms with van der Waals surface area (Å²) in [5.74, 6) is 0.208. The molecule has 0 aliphatic heterocycles. The number of methoxy groups -OCH3 is 1. The molecule has 0 saturated carbocycles. The van der Waals surface area contributed by atoms with Gasteiger partial charge in [-0.15, -0.1) is 0 Å². The first-order valence-corrected chi connectivity index (χ1v) is 8.46. The van der Waals surface area contributed by atoms with Crippen molar-refractivity contribution in [2.45, 2.75) is 26.0 Å². The van der Waals surface area contributed by atoms with Crippen molar-refractivity contribution in [2.24, 2.45) is 0 Å². The van der Waals surface area contributed by atoms with E-state index in [0.29, 0.717) is 24.4 Å². The molecule has 0 atom stereocenters. The number of nitrogens with zero attached hydrogens (tertiary/aromatic N) is 5. The fraction of sp³-hybridized carbons (Fsp3) is 0.333. The van der Waals surface area contributed by atoms with Crippen LogP contribution in [0.2, 0.25) is 0 Å². The van der Waals surface area contributed by atoms with Crippen molar-refractivity contribution in [1.29, 1.82) is 0 Å². The Morgan fingerprint density at radius 2 is 2.00 bits per heavy atom. The number of fused-ring (bicyclic) bond motifs is 3. The Bertz CT molecular complexity index is 1180. The van der Waals surface area contributed by atoms with Gasteiger partial charge >= 0.3 is 0 Å². The van der Waals surface area contributed by atoms with Crippen LogP contribution in [0.5, 0.6) is 0 Å². The van der Waals surface area contributed by atoms with E-state index in [2.05, 4.69) is 15.1 Å². The second-order valence-corrected chi connectivity index (χ2v) is 6.73. The summed E-state index contributed by atoms with van der Waals surface area (Å²) in [5.41, 5.74) is 0.734. The molecule has 0 unspecified atom stereocenters. The minimum atomic E-state index is -1.29. The number of aromatic nitrogens is 5. The van der Waals surface area contributed by atoms with Gasteiger partial charge in [-0.2, -0.15) is 4.98 Å². The minimum Gasteiger partial charge on any atom is -0.383 e. The smallest absolute Gasteiger partial charge is 0.277 e. The third kappa shape index (κ3) is 2.81. The number of benzene rings is 1. The lowest BCUT2D eigenvalue weighted by molar-refractivity contribution is 0.0420. The summed E-state index contributed by atoms with van der Waals surface area (Å²) in [4.78, 5) is 21.8. The predicted octanol–water partition coefficient (Wildman–Crippen LogP) is 1.57. The highest BCUT2D eigenvalue weighted by atomic mass is 16.5. The van der Waals surface area contributed by atoms with E-state index < -0.39 is 5.60 Å². The normalized spacial score (nSPS) is 12.3. The fourth-order valence-corrected chi connectivity index (χ4v) is 3.01. The molecule has 0 radical (unpaired) electrons. The lowest BCUT2D eigenvalue weighted by atomic mass is 10.1. The number of rotatable bonds is 5. The van der Waals surface area contributed by atoms with Crippen LogP contribution in [0.3, 0.4) is 0 Å². The molecule has 0 spiro atoms. The van der Waals surface area contributed by atoms with Crippen molar-refractivity contribution in [2.75, 3.05) is 13.7 Å². The molecule has 0 bridgehead atoms. The van der Waals surface area contributed by atoms with E-state index >= 15 is 0 Å². The Balaban J connectivity index is 2.00. The Labute approximate surface area is 153 Å². The molecule has 9 heteroatoms. The molecule has 4 aromatic rings. The van der Waals surface area contributed by atoms with Crippen molar-refractivity contribution in [3.63, 3.8) is 0 Å². The number of imidazole rings is 1. The van der Waals surface area contributed by atoms with E-state index in [1.54, 1.807) is 36.3 Å². The van der Waals surface area contributed by atoms with Crippen LogP contribution < -0.4 is 5.56 Å². The predicted molar refractivity (Wildman–Crippen MR) is 97.4 cm³/mol. The zero-order chi connectivity index (χ0) is 19.2. The van der Waals surface area contributed by atoms with E-state index in [1.807, 2.05) is 24.3 Å². The molecule has 27 heavy (non-hydrogen) atoms. The van der Waals surface area contributed by atoms with Gasteiger partial charge in [0.2, 0.25) is 5.82 Å². The highest BCUT2D eigenvalue weighted by molar-refractivity contribution is 5.83. The van der Waals surface area contributed by atoms with Crippen LogP contribution in [0.4, 0.5) is 0 Å². The van der Waals surface area contributed by atoms with E-state index in [-0.39, 0.29) is 17.3 Å². The highest BCUT2D eigenvalue weighted by Gasteiger charge is 2.26. The van der Waals surface area contributed by atoms with E-state index in [9.17, 15) is 9.90 Å². The van der Waals surface area contributed by atoms with Gasteiger partial charge in [0.25, 0.3) is 11.4 Å². The molecule has 1 N–H and O–H groups in total. The highest BCUT2D eigenvalue weighted by Crippen LogP contribution is 2.25. The number of hydrogen-bond acceptors (Lipinski definition) is 7. The SMILES string of the molecule is COCCn1c(=O)c2c(-c3noc(C(C)(C)O)n3)ncn2c2ccccc21. The largest absolute Gasteiger partial charge is 0.383 e. The molecule has 140 valence electrons. The Kier molecular flexibility index (Phi) is 4.05. The third-order valence-corrected chi connectivity index (χ3v) is 4.33. The summed E-state index contributed by atoms with van der Waals surface area (Å²) in [6.45, 7) is 3.88. The molecular formula is C18H19N5O4. The van der Waals surface area contributed by atoms with Gasteiger partial charge in [-0.1, -0.05) is 17.3 Å². The summed E-state index contributed by atoms with van der Waals surface area (Å²) >= 11 is 0. The van der Waals surface area contributed by atoms with Gasteiger partial charge in [0, 0.05) is 13.7 Å². The van der Waals surface area contributed by atoms with Gasteiger partial charge in [-0.25, -0.2) is 4.98 Å². The third-order valence-electron chi connectivity index (χ3n) is 4.33. The maximum Gasteiger partial charge on any atom is 0.277 e. The van der Waals surface area contributed by atoms with E-state index in [4.69, 9.17) is 9.26 Å². The average molecular weight is 369 g/mol. The lowest BCUT2D eigenvalue weighted by Gasteiger charge is -2.12. The van der Waals surface area contributed by atoms with Crippen LogP contribution in [-0.4, -0.2) is 42.9 Å². The first-order valence-electron chi connectivity index (χ1n) is 8.46. The summed E-state index contributed by atoms with van der Waals surface area (Å²) in [5, 5.41) is 13.9. The van der Waals surface area contributed by atoms with Crippen LogP contribution in [0, 0.1) is 0 Å². The Hall–Kier alpha value is -3.04. The second-order valence-electron chi connectivity index (χ2n) is 6.73. The van der Waals surface area contributed by atoms with Crippen molar-refractivity contribution < 1.29 is 14.4 Å². The van der Waals surface area contributed by atoms with Gasteiger partial charge in [0.15, 0.2) is 0 Å². The lowest BCUT2D eigenvalue weighted by Crippen LogP contribution is -2.25. The van der Waals surface area contributed by atoms with E-state index in [0.717, 1.165) is 11.0 Å². The molecule has 0 aliphatic carbocycles. The maximum absolute atomic E-state index is 13.2.